The van der Waals surface area contributed by atoms with E-state index in [9.17, 15) is 4.79 Å². The van der Waals surface area contributed by atoms with E-state index in [1.807, 2.05) is 0 Å². The van der Waals surface area contributed by atoms with Gasteiger partial charge in [0.1, 0.15) is 0 Å². The van der Waals surface area contributed by atoms with Crippen LogP contribution in [0.3, 0.4) is 0 Å². The number of nitrogen functional groups attached to an aromatic ring is 1. The molecule has 2 N–H and O–H groups in total. The van der Waals surface area contributed by atoms with Crippen molar-refractivity contribution in [3.63, 3.8) is 0 Å². The SMILES string of the molecule is CN(CC1CCCO1)C(=O)c1ccc(N)cc1. The van der Waals surface area contributed by atoms with Gasteiger partial charge in [-0.05, 0) is 37.1 Å². The molecule has 0 radical (unpaired) electrons. The van der Waals surface area contributed by atoms with Crippen LogP contribution in [0, 0.1) is 0 Å². The quantitative estimate of drug-likeness (QED) is 0.807. The first-order chi connectivity index (χ1) is 8.16. The highest BCUT2D eigenvalue weighted by atomic mass is 16.5. The number of carbonyl (C=O) groups is 1. The second-order valence-corrected chi connectivity index (χ2v) is 4.44. The predicted octanol–water partition coefficient (Wildman–Crippen LogP) is 1.52. The number of amides is 1. The molecule has 0 aliphatic carbocycles. The van der Waals surface area contributed by atoms with Gasteiger partial charge in [-0.2, -0.15) is 0 Å². The van der Waals surface area contributed by atoms with Gasteiger partial charge >= 0.3 is 0 Å². The van der Waals surface area contributed by atoms with Gasteiger partial charge in [-0.1, -0.05) is 0 Å². The summed E-state index contributed by atoms with van der Waals surface area (Å²) < 4.78 is 5.51. The normalized spacial score (nSPS) is 19.2. The number of rotatable bonds is 3. The topological polar surface area (TPSA) is 55.6 Å². The van der Waals surface area contributed by atoms with Crippen LogP contribution in [0.15, 0.2) is 24.3 Å². The van der Waals surface area contributed by atoms with E-state index in [0.717, 1.165) is 19.4 Å². The Morgan fingerprint density at radius 2 is 2.18 bits per heavy atom. The van der Waals surface area contributed by atoms with E-state index in [1.54, 1.807) is 36.2 Å². The standard InChI is InChI=1S/C13H18N2O2/c1-15(9-12-3-2-8-17-12)13(16)10-4-6-11(14)7-5-10/h4-7,12H,2-3,8-9,14H2,1H3. The molecule has 0 aromatic heterocycles. The first-order valence-electron chi connectivity index (χ1n) is 5.89. The summed E-state index contributed by atoms with van der Waals surface area (Å²) >= 11 is 0. The lowest BCUT2D eigenvalue weighted by molar-refractivity contribution is 0.0587. The highest BCUT2D eigenvalue weighted by molar-refractivity contribution is 5.94. The Morgan fingerprint density at radius 3 is 2.76 bits per heavy atom. The first kappa shape index (κ1) is 11.9. The summed E-state index contributed by atoms with van der Waals surface area (Å²) in [7, 11) is 1.81. The molecule has 4 nitrogen and oxygen atoms in total. The van der Waals surface area contributed by atoms with Crippen molar-refractivity contribution in [2.45, 2.75) is 18.9 Å². The van der Waals surface area contributed by atoms with Crippen LogP contribution < -0.4 is 5.73 Å². The summed E-state index contributed by atoms with van der Waals surface area (Å²) in [6.45, 7) is 1.47. The molecule has 1 aromatic rings. The van der Waals surface area contributed by atoms with Gasteiger partial charge in [0.2, 0.25) is 0 Å². The van der Waals surface area contributed by atoms with E-state index in [4.69, 9.17) is 10.5 Å². The van der Waals surface area contributed by atoms with Crippen LogP contribution in [-0.2, 0) is 4.74 Å². The van der Waals surface area contributed by atoms with Crippen molar-refractivity contribution in [2.24, 2.45) is 0 Å². The third-order valence-corrected chi connectivity index (χ3v) is 3.01. The number of benzene rings is 1. The number of ether oxygens (including phenoxy) is 1. The number of carbonyl (C=O) groups excluding carboxylic acids is 1. The van der Waals surface area contributed by atoms with Crippen molar-refractivity contribution in [3.8, 4) is 0 Å². The van der Waals surface area contributed by atoms with Crippen molar-refractivity contribution < 1.29 is 9.53 Å². The van der Waals surface area contributed by atoms with Crippen LogP contribution in [0.2, 0.25) is 0 Å². The van der Waals surface area contributed by atoms with Gasteiger partial charge in [0.05, 0.1) is 6.10 Å². The van der Waals surface area contributed by atoms with E-state index >= 15 is 0 Å². The number of anilines is 1. The van der Waals surface area contributed by atoms with Gasteiger partial charge in [0.25, 0.3) is 5.91 Å². The highest BCUT2D eigenvalue weighted by Crippen LogP contribution is 2.14. The summed E-state index contributed by atoms with van der Waals surface area (Å²) in [6, 6.07) is 6.99. The largest absolute Gasteiger partial charge is 0.399 e. The van der Waals surface area contributed by atoms with Crippen molar-refractivity contribution in [1.82, 2.24) is 4.90 Å². The monoisotopic (exact) mass is 234 g/mol. The van der Waals surface area contributed by atoms with Crippen molar-refractivity contribution in [2.75, 3.05) is 25.9 Å². The van der Waals surface area contributed by atoms with Gasteiger partial charge in [-0.25, -0.2) is 0 Å². The molecule has 17 heavy (non-hydrogen) atoms. The zero-order valence-electron chi connectivity index (χ0n) is 10.1. The van der Waals surface area contributed by atoms with Crippen LogP contribution in [0.1, 0.15) is 23.2 Å². The van der Waals surface area contributed by atoms with Gasteiger partial charge in [0, 0.05) is 31.5 Å². The van der Waals surface area contributed by atoms with Crippen LogP contribution in [0.4, 0.5) is 5.69 Å². The van der Waals surface area contributed by atoms with Gasteiger partial charge in [-0.15, -0.1) is 0 Å². The summed E-state index contributed by atoms with van der Waals surface area (Å²) in [6.07, 6.45) is 2.33. The Hall–Kier alpha value is -1.55. The Morgan fingerprint density at radius 1 is 1.47 bits per heavy atom. The third-order valence-electron chi connectivity index (χ3n) is 3.01. The van der Waals surface area contributed by atoms with E-state index < -0.39 is 0 Å². The lowest BCUT2D eigenvalue weighted by Gasteiger charge is -2.20. The molecule has 92 valence electrons. The fraction of sp³-hybridized carbons (Fsp3) is 0.462. The molecule has 2 rings (SSSR count). The average molecular weight is 234 g/mol. The van der Waals surface area contributed by atoms with Gasteiger partial charge < -0.3 is 15.4 Å². The Labute approximate surface area is 101 Å². The smallest absolute Gasteiger partial charge is 0.253 e. The van der Waals surface area contributed by atoms with E-state index in [0.29, 0.717) is 17.8 Å². The third kappa shape index (κ3) is 2.97. The molecule has 0 spiro atoms. The lowest BCUT2D eigenvalue weighted by Crippen LogP contribution is -2.34. The predicted molar refractivity (Wildman–Crippen MR) is 66.8 cm³/mol. The fourth-order valence-corrected chi connectivity index (χ4v) is 2.02. The number of hydrogen-bond donors (Lipinski definition) is 1. The summed E-state index contributed by atoms with van der Waals surface area (Å²) in [4.78, 5) is 13.8. The number of likely N-dealkylation sites (N-methyl/N-ethyl adjacent to an activating group) is 1. The summed E-state index contributed by atoms with van der Waals surface area (Å²) in [5.41, 5.74) is 6.93. The Kier molecular flexibility index (Phi) is 3.64. The molecule has 1 aromatic carbocycles. The molecule has 1 atom stereocenters. The average Bonchev–Trinajstić information content (AvgIpc) is 2.82. The number of hydrogen-bond acceptors (Lipinski definition) is 3. The molecule has 1 saturated heterocycles. The van der Waals surface area contributed by atoms with E-state index in [1.165, 1.54) is 0 Å². The molecule has 0 bridgehead atoms. The van der Waals surface area contributed by atoms with Crippen LogP contribution >= 0.6 is 0 Å². The number of nitrogens with two attached hydrogens (primary N) is 1. The van der Waals surface area contributed by atoms with Crippen LogP contribution in [-0.4, -0.2) is 37.1 Å². The Bertz CT molecular complexity index is 383. The van der Waals surface area contributed by atoms with Gasteiger partial charge in [0.15, 0.2) is 0 Å². The molecular weight excluding hydrogens is 216 g/mol. The minimum atomic E-state index is 0.0144. The first-order valence-corrected chi connectivity index (χ1v) is 5.89. The highest BCUT2D eigenvalue weighted by Gasteiger charge is 2.20. The van der Waals surface area contributed by atoms with Crippen molar-refractivity contribution >= 4 is 11.6 Å². The van der Waals surface area contributed by atoms with E-state index in [2.05, 4.69) is 0 Å². The summed E-state index contributed by atoms with van der Waals surface area (Å²) in [5, 5.41) is 0. The molecule has 1 unspecified atom stereocenters. The second-order valence-electron chi connectivity index (χ2n) is 4.44. The van der Waals surface area contributed by atoms with Crippen molar-refractivity contribution in [1.29, 1.82) is 0 Å². The molecule has 1 fully saturated rings. The van der Waals surface area contributed by atoms with Gasteiger partial charge in [-0.3, -0.25) is 4.79 Å². The molecule has 1 amide bonds. The molecule has 1 heterocycles. The second kappa shape index (κ2) is 5.19. The van der Waals surface area contributed by atoms with Crippen LogP contribution in [0.5, 0.6) is 0 Å². The molecule has 1 aliphatic heterocycles. The fourth-order valence-electron chi connectivity index (χ4n) is 2.02. The lowest BCUT2D eigenvalue weighted by atomic mass is 10.1. The Balaban J connectivity index is 1.96. The maximum Gasteiger partial charge on any atom is 0.253 e. The maximum atomic E-state index is 12.1. The van der Waals surface area contributed by atoms with Crippen LogP contribution in [0.25, 0.3) is 0 Å². The summed E-state index contributed by atoms with van der Waals surface area (Å²) in [5.74, 6) is 0.0144. The molecule has 4 heteroatoms. The van der Waals surface area contributed by atoms with E-state index in [-0.39, 0.29) is 12.0 Å². The molecule has 0 saturated carbocycles. The molecule has 1 aliphatic rings. The molecular formula is C13H18N2O2. The minimum Gasteiger partial charge on any atom is -0.399 e. The zero-order valence-corrected chi connectivity index (χ0v) is 10.1. The minimum absolute atomic E-state index is 0.0144. The number of nitrogens with zero attached hydrogens (tertiary/aromatic N) is 1. The maximum absolute atomic E-state index is 12.1. The van der Waals surface area contributed by atoms with Crippen molar-refractivity contribution in [3.05, 3.63) is 29.8 Å². The zero-order chi connectivity index (χ0) is 12.3.